The summed E-state index contributed by atoms with van der Waals surface area (Å²) in [7, 11) is 0. The number of halogens is 2. The van der Waals surface area contributed by atoms with E-state index in [1.807, 2.05) is 12.1 Å². The van der Waals surface area contributed by atoms with Crippen molar-refractivity contribution in [2.24, 2.45) is 5.92 Å². The van der Waals surface area contributed by atoms with Gasteiger partial charge in [0.25, 0.3) is 0 Å². The molecule has 0 spiro atoms. The Morgan fingerprint density at radius 2 is 1.48 bits per heavy atom. The molecule has 4 rings (SSSR count). The molecule has 1 fully saturated rings. The van der Waals surface area contributed by atoms with Crippen molar-refractivity contribution in [3.8, 4) is 0 Å². The van der Waals surface area contributed by atoms with E-state index in [-0.39, 0.29) is 5.82 Å². The number of fused-ring (bicyclic) bond motifs is 1. The highest BCUT2D eigenvalue weighted by atomic mass is 19.1. The van der Waals surface area contributed by atoms with Crippen molar-refractivity contribution in [2.45, 2.75) is 83.8 Å². The molecule has 0 amide bonds. The van der Waals surface area contributed by atoms with Gasteiger partial charge in [-0.15, -0.1) is 0 Å². The second-order valence-electron chi connectivity index (χ2n) is 9.89. The molecule has 0 unspecified atom stereocenters. The summed E-state index contributed by atoms with van der Waals surface area (Å²) in [6.45, 7) is 6.50. The number of hydrogen-bond donors (Lipinski definition) is 0. The van der Waals surface area contributed by atoms with Crippen LogP contribution >= 0.6 is 0 Å². The van der Waals surface area contributed by atoms with Gasteiger partial charge in [0, 0.05) is 25.2 Å². The zero-order valence-corrected chi connectivity index (χ0v) is 19.2. The topological polar surface area (TPSA) is 3.24 Å². The summed E-state index contributed by atoms with van der Waals surface area (Å²) in [5.74, 6) is 0.262. The van der Waals surface area contributed by atoms with Crippen LogP contribution in [-0.4, -0.2) is 23.7 Å². The number of hydrogen-bond acceptors (Lipinski definition) is 1. The average Bonchev–Trinajstić information content (AvgIpc) is 3.12. The van der Waals surface area contributed by atoms with E-state index in [0.29, 0.717) is 50.4 Å². The maximum absolute atomic E-state index is 15.7. The number of rotatable bonds is 8. The Kier molecular flexibility index (Phi) is 7.11. The number of alkyl halides is 1. The van der Waals surface area contributed by atoms with Gasteiger partial charge in [-0.05, 0) is 79.2 Å². The molecule has 31 heavy (non-hydrogen) atoms. The molecule has 1 aliphatic carbocycles. The Labute approximate surface area is 186 Å². The Balaban J connectivity index is 1.34. The first-order valence-corrected chi connectivity index (χ1v) is 12.3. The van der Waals surface area contributed by atoms with Crippen molar-refractivity contribution in [2.75, 3.05) is 13.1 Å². The highest BCUT2D eigenvalue weighted by Crippen LogP contribution is 2.39. The monoisotopic (exact) mass is 425 g/mol. The van der Waals surface area contributed by atoms with Crippen molar-refractivity contribution in [1.82, 2.24) is 4.90 Å². The fourth-order valence-corrected chi connectivity index (χ4v) is 5.71. The van der Waals surface area contributed by atoms with E-state index in [1.165, 1.54) is 41.2 Å². The van der Waals surface area contributed by atoms with Crippen molar-refractivity contribution >= 4 is 0 Å². The van der Waals surface area contributed by atoms with Gasteiger partial charge in [0.1, 0.15) is 11.5 Å². The fraction of sp³-hybridized carbons (Fsp3) is 0.571. The lowest BCUT2D eigenvalue weighted by Crippen LogP contribution is -2.42. The third-order valence-electron chi connectivity index (χ3n) is 7.34. The lowest BCUT2D eigenvalue weighted by molar-refractivity contribution is 0.0346. The van der Waals surface area contributed by atoms with Crippen LogP contribution < -0.4 is 0 Å². The Morgan fingerprint density at radius 3 is 2.03 bits per heavy atom. The Hall–Kier alpha value is -1.74. The van der Waals surface area contributed by atoms with Gasteiger partial charge >= 0.3 is 0 Å². The van der Waals surface area contributed by atoms with Gasteiger partial charge in [-0.1, -0.05) is 57.0 Å². The summed E-state index contributed by atoms with van der Waals surface area (Å²) in [6.07, 6.45) is 8.52. The molecule has 3 heteroatoms. The summed E-state index contributed by atoms with van der Waals surface area (Å²) >= 11 is 0. The van der Waals surface area contributed by atoms with Gasteiger partial charge in [-0.3, -0.25) is 4.90 Å². The Morgan fingerprint density at radius 1 is 0.903 bits per heavy atom. The second-order valence-corrected chi connectivity index (χ2v) is 9.89. The molecule has 2 aromatic rings. The van der Waals surface area contributed by atoms with Crippen LogP contribution in [0, 0.1) is 11.7 Å². The van der Waals surface area contributed by atoms with Crippen LogP contribution in [0.4, 0.5) is 8.78 Å². The van der Waals surface area contributed by atoms with Gasteiger partial charge in [0.05, 0.1) is 0 Å². The van der Waals surface area contributed by atoms with E-state index in [2.05, 4.69) is 30.9 Å². The molecule has 1 saturated heterocycles. The fourth-order valence-electron chi connectivity index (χ4n) is 5.71. The molecule has 0 radical (unpaired) electrons. The van der Waals surface area contributed by atoms with Crippen molar-refractivity contribution in [1.29, 1.82) is 0 Å². The third kappa shape index (κ3) is 5.37. The van der Waals surface area contributed by atoms with Crippen molar-refractivity contribution < 1.29 is 8.78 Å². The lowest BCUT2D eigenvalue weighted by atomic mass is 9.83. The summed E-state index contributed by atoms with van der Waals surface area (Å²) in [5.41, 5.74) is 5.60. The quantitative estimate of drug-likeness (QED) is 0.447. The van der Waals surface area contributed by atoms with Crippen molar-refractivity contribution in [3.63, 3.8) is 0 Å². The van der Waals surface area contributed by atoms with E-state index in [0.717, 1.165) is 25.7 Å². The highest BCUT2D eigenvalue weighted by Gasteiger charge is 2.38. The first-order valence-electron chi connectivity index (χ1n) is 12.3. The molecule has 1 heterocycles. The van der Waals surface area contributed by atoms with E-state index in [1.54, 1.807) is 6.07 Å². The van der Waals surface area contributed by atoms with E-state index < -0.39 is 5.67 Å². The van der Waals surface area contributed by atoms with Gasteiger partial charge in [0.15, 0.2) is 0 Å². The molecule has 168 valence electrons. The molecule has 0 N–H and O–H groups in total. The van der Waals surface area contributed by atoms with Crippen LogP contribution in [-0.2, 0) is 32.2 Å². The molecule has 1 aliphatic heterocycles. The molecular weight excluding hydrogens is 388 g/mol. The summed E-state index contributed by atoms with van der Waals surface area (Å²) in [4.78, 5) is 2.20. The Bertz CT molecular complexity index is 848. The predicted molar refractivity (Wildman–Crippen MR) is 125 cm³/mol. The normalized spacial score (nSPS) is 19.0. The standard InChI is InChI=1S/C28H37F2N/c1-3-7-22-17-25-15-21(16-26(25)18-23(22)8-4-2)19-28(30)11-13-31(14-12-28)20-24-9-5-6-10-27(24)29/h5-6,9-10,17-18,21H,3-4,7-8,11-16,19-20H2,1-2H3. The maximum Gasteiger partial charge on any atom is 0.127 e. The SMILES string of the molecule is CCCc1cc2c(cc1CCC)CC(CC1(F)CCN(Cc3ccccc3F)CC1)C2. The zero-order valence-electron chi connectivity index (χ0n) is 19.2. The molecule has 0 aromatic heterocycles. The minimum Gasteiger partial charge on any atom is -0.299 e. The van der Waals surface area contributed by atoms with E-state index >= 15 is 4.39 Å². The molecular formula is C28H37F2N. The lowest BCUT2D eigenvalue weighted by Gasteiger charge is -2.37. The molecule has 0 saturated carbocycles. The number of nitrogens with zero attached hydrogens (tertiary/aromatic N) is 1. The average molecular weight is 426 g/mol. The molecule has 0 bridgehead atoms. The molecule has 2 aromatic carbocycles. The first-order chi connectivity index (χ1) is 15.0. The van der Waals surface area contributed by atoms with Gasteiger partial charge in [-0.25, -0.2) is 8.78 Å². The van der Waals surface area contributed by atoms with E-state index in [4.69, 9.17) is 0 Å². The molecule has 1 nitrogen and oxygen atoms in total. The van der Waals surface area contributed by atoms with Crippen molar-refractivity contribution in [3.05, 3.63) is 70.0 Å². The van der Waals surface area contributed by atoms with Crippen LogP contribution in [0.1, 0.15) is 73.8 Å². The smallest absolute Gasteiger partial charge is 0.127 e. The number of aryl methyl sites for hydroxylation is 2. The van der Waals surface area contributed by atoms with Crippen LogP contribution in [0.3, 0.4) is 0 Å². The summed E-state index contributed by atoms with van der Waals surface area (Å²) in [5, 5.41) is 0. The highest BCUT2D eigenvalue weighted by molar-refractivity contribution is 5.42. The number of likely N-dealkylation sites (tertiary alicyclic amines) is 1. The molecule has 0 atom stereocenters. The van der Waals surface area contributed by atoms with Crippen LogP contribution in [0.5, 0.6) is 0 Å². The summed E-state index contributed by atoms with van der Waals surface area (Å²) < 4.78 is 29.7. The minimum absolute atomic E-state index is 0.159. The van der Waals surface area contributed by atoms with Crippen LogP contribution in [0.25, 0.3) is 0 Å². The zero-order chi connectivity index (χ0) is 21.8. The first kappa shape index (κ1) is 22.5. The van der Waals surface area contributed by atoms with Gasteiger partial charge in [0.2, 0.25) is 0 Å². The summed E-state index contributed by atoms with van der Waals surface area (Å²) in [6, 6.07) is 11.8. The number of piperidine rings is 1. The number of benzene rings is 2. The maximum atomic E-state index is 15.7. The predicted octanol–water partition coefficient (Wildman–Crippen LogP) is 6.84. The van der Waals surface area contributed by atoms with Crippen LogP contribution in [0.2, 0.25) is 0 Å². The molecule has 2 aliphatic rings. The van der Waals surface area contributed by atoms with Gasteiger partial charge < -0.3 is 0 Å². The van der Waals surface area contributed by atoms with E-state index in [9.17, 15) is 4.39 Å². The van der Waals surface area contributed by atoms with Gasteiger partial charge in [-0.2, -0.15) is 0 Å². The van der Waals surface area contributed by atoms with Crippen LogP contribution in [0.15, 0.2) is 36.4 Å². The second kappa shape index (κ2) is 9.81. The minimum atomic E-state index is -1.07. The third-order valence-corrected chi connectivity index (χ3v) is 7.34. The largest absolute Gasteiger partial charge is 0.299 e.